The Labute approximate surface area is 258 Å². The monoisotopic (exact) mass is 614 g/mol. The smallest absolute Gasteiger partial charge is 0.319 e. The fourth-order valence-electron chi connectivity index (χ4n) is 7.21. The van der Waals surface area contributed by atoms with Crippen LogP contribution in [0, 0.1) is 12.4 Å². The van der Waals surface area contributed by atoms with Gasteiger partial charge in [0.05, 0.1) is 5.54 Å². The molecule has 0 aliphatic carbocycles. The molecule has 0 radical (unpaired) electrons. The van der Waals surface area contributed by atoms with Gasteiger partial charge in [0.1, 0.15) is 30.2 Å². The van der Waals surface area contributed by atoms with Gasteiger partial charge in [-0.2, -0.15) is 9.97 Å². The maximum Gasteiger partial charge on any atom is 0.319 e. The van der Waals surface area contributed by atoms with E-state index in [1.807, 2.05) is 40.6 Å². The van der Waals surface area contributed by atoms with Crippen molar-refractivity contribution in [3.63, 3.8) is 0 Å². The number of hydrogen-bond acceptors (Lipinski definition) is 7. The number of anilines is 1. The van der Waals surface area contributed by atoms with Crippen molar-refractivity contribution in [2.24, 2.45) is 0 Å². The zero-order valence-corrected chi connectivity index (χ0v) is 25.0. The molecule has 4 aromatic rings. The molecule has 8 nitrogen and oxygen atoms in total. The summed E-state index contributed by atoms with van der Waals surface area (Å²) >= 11 is 1.56. The van der Waals surface area contributed by atoms with E-state index in [0.29, 0.717) is 49.4 Å². The molecule has 2 aromatic heterocycles. The van der Waals surface area contributed by atoms with Crippen LogP contribution in [0.1, 0.15) is 19.3 Å². The topological polar surface area (TPSA) is 66.2 Å². The highest BCUT2D eigenvalue weighted by Gasteiger charge is 2.49. The molecule has 0 spiro atoms. The lowest BCUT2D eigenvalue weighted by Gasteiger charge is -2.39. The summed E-state index contributed by atoms with van der Waals surface area (Å²) in [6, 6.07) is 11.1. The van der Waals surface area contributed by atoms with Gasteiger partial charge in [0, 0.05) is 53.8 Å². The number of halogens is 2. The lowest BCUT2D eigenvalue weighted by molar-refractivity contribution is -0.128. The second-order valence-electron chi connectivity index (χ2n) is 11.8. The molecule has 11 heteroatoms. The quantitative estimate of drug-likeness (QED) is 0.196. The summed E-state index contributed by atoms with van der Waals surface area (Å²) < 4.78 is 38.3. The molecule has 2 aromatic carbocycles. The van der Waals surface area contributed by atoms with E-state index < -0.39 is 17.5 Å². The van der Waals surface area contributed by atoms with Crippen LogP contribution in [0.15, 0.2) is 54.4 Å². The van der Waals surface area contributed by atoms with Crippen molar-refractivity contribution in [2.45, 2.75) is 37.0 Å². The van der Waals surface area contributed by atoms with E-state index in [4.69, 9.17) is 16.3 Å². The Morgan fingerprint density at radius 3 is 2.91 bits per heavy atom. The van der Waals surface area contributed by atoms with Gasteiger partial charge in [0.15, 0.2) is 5.82 Å². The van der Waals surface area contributed by atoms with Gasteiger partial charge in [-0.15, -0.1) is 11.3 Å². The minimum absolute atomic E-state index is 0.0349. The number of fused-ring (bicyclic) bond motifs is 3. The molecule has 3 fully saturated rings. The fourth-order valence-corrected chi connectivity index (χ4v) is 8.14. The average Bonchev–Trinajstić information content (AvgIpc) is 3.74. The zero-order chi connectivity index (χ0) is 30.4. The Morgan fingerprint density at radius 2 is 2.07 bits per heavy atom. The van der Waals surface area contributed by atoms with E-state index >= 15 is 4.39 Å². The normalized spacial score (nSPS) is 23.7. The van der Waals surface area contributed by atoms with Crippen molar-refractivity contribution < 1.29 is 18.3 Å². The van der Waals surface area contributed by atoms with E-state index in [-0.39, 0.29) is 36.6 Å². The number of thiophene rings is 1. The second-order valence-corrected chi connectivity index (χ2v) is 12.8. The third kappa shape index (κ3) is 4.86. The average molecular weight is 615 g/mol. The maximum atomic E-state index is 16.6. The lowest BCUT2D eigenvalue weighted by Crippen LogP contribution is -2.56. The molecule has 5 heterocycles. The molecule has 7 rings (SSSR count). The molecular formula is C33H32F2N6O2S. The highest BCUT2D eigenvalue weighted by molar-refractivity contribution is 7.17. The van der Waals surface area contributed by atoms with Crippen molar-refractivity contribution in [3.8, 4) is 17.1 Å². The number of hydrogen-bond donors (Lipinski definition) is 0. The first kappa shape index (κ1) is 28.6. The van der Waals surface area contributed by atoms with Crippen molar-refractivity contribution >= 4 is 44.1 Å². The van der Waals surface area contributed by atoms with E-state index in [1.165, 1.54) is 6.08 Å². The molecular weight excluding hydrogens is 582 g/mol. The number of carbonyl (C=O) groups excluding carboxylic acids is 1. The number of ether oxygens (including phenoxy) is 1. The molecule has 226 valence electrons. The third-order valence-corrected chi connectivity index (χ3v) is 10.3. The number of alkyl halides is 1. The summed E-state index contributed by atoms with van der Waals surface area (Å²) in [7, 11) is 0. The highest BCUT2D eigenvalue weighted by Crippen LogP contribution is 2.41. The van der Waals surface area contributed by atoms with Crippen molar-refractivity contribution in [3.05, 3.63) is 71.7 Å². The minimum Gasteiger partial charge on any atom is -0.461 e. The van der Waals surface area contributed by atoms with Gasteiger partial charge in [0.2, 0.25) is 12.5 Å². The van der Waals surface area contributed by atoms with Crippen molar-refractivity contribution in [1.82, 2.24) is 19.8 Å². The Balaban J connectivity index is 1.31. The predicted octanol–water partition coefficient (Wildman–Crippen LogP) is 5.73. The first-order valence-electron chi connectivity index (χ1n) is 14.9. The molecule has 0 saturated carbocycles. The largest absolute Gasteiger partial charge is 0.461 e. The molecule has 3 atom stereocenters. The van der Waals surface area contributed by atoms with Crippen LogP contribution in [0.2, 0.25) is 0 Å². The molecule has 0 N–H and O–H groups in total. The Morgan fingerprint density at radius 1 is 1.18 bits per heavy atom. The molecule has 0 bridgehead atoms. The molecule has 3 aliphatic heterocycles. The standard InChI is InChI=1S/C33H32F2N6O2S/c1-3-27(42)41-14-13-39(19-23(41)17-36-2)31-26-9-8-24(25-7-4-6-21-10-15-44-30(21)25)28(35)29(26)37-32(38-31)43-20-33-11-5-12-40(33)18-22(34)16-33/h3-4,6-10,15,22-23H,1,5,11-14,16-20H2/t22-,23+,33?/m1/s1. The molecule has 3 saturated heterocycles. The first-order chi connectivity index (χ1) is 21.4. The predicted molar refractivity (Wildman–Crippen MR) is 168 cm³/mol. The third-order valence-electron chi connectivity index (χ3n) is 9.31. The molecule has 1 amide bonds. The van der Waals surface area contributed by atoms with Crippen molar-refractivity contribution in [2.75, 3.05) is 50.8 Å². The van der Waals surface area contributed by atoms with Crippen LogP contribution in [-0.2, 0) is 4.79 Å². The first-order valence-corrected chi connectivity index (χ1v) is 15.8. The van der Waals surface area contributed by atoms with Crippen LogP contribution in [0.3, 0.4) is 0 Å². The Bertz CT molecular complexity index is 1810. The molecule has 3 aliphatic rings. The molecule has 44 heavy (non-hydrogen) atoms. The number of nitrogens with zero attached hydrogens (tertiary/aromatic N) is 6. The number of amides is 1. The maximum absolute atomic E-state index is 16.6. The van der Waals surface area contributed by atoms with Crippen molar-refractivity contribution in [1.29, 1.82) is 0 Å². The Hall–Kier alpha value is -4.14. The zero-order valence-electron chi connectivity index (χ0n) is 24.2. The van der Waals surface area contributed by atoms with Gasteiger partial charge >= 0.3 is 6.01 Å². The van der Waals surface area contributed by atoms with Crippen LogP contribution in [0.4, 0.5) is 14.6 Å². The minimum atomic E-state index is -0.902. The van der Waals surface area contributed by atoms with Crippen LogP contribution in [-0.4, -0.2) is 89.3 Å². The SMILES string of the molecule is [C-]#[N+]C[C@H]1CN(c2nc(OCC34CCCN3C[C@H](F)C4)nc3c(F)c(-c4cccc5ccsc45)ccc23)CCN1C(=O)C=C. The van der Waals surface area contributed by atoms with E-state index in [9.17, 15) is 9.18 Å². The van der Waals surface area contributed by atoms with Gasteiger partial charge in [-0.3, -0.25) is 9.69 Å². The number of rotatable bonds is 7. The second kappa shape index (κ2) is 11.4. The van der Waals surface area contributed by atoms with Gasteiger partial charge in [-0.25, -0.2) is 15.4 Å². The van der Waals surface area contributed by atoms with Crippen LogP contribution >= 0.6 is 11.3 Å². The van der Waals surface area contributed by atoms with E-state index in [0.717, 1.165) is 35.0 Å². The number of carbonyl (C=O) groups is 1. The summed E-state index contributed by atoms with van der Waals surface area (Å²) in [5, 5.41) is 3.56. The summed E-state index contributed by atoms with van der Waals surface area (Å²) in [6.07, 6.45) is 2.56. The number of benzene rings is 2. The Kier molecular flexibility index (Phi) is 7.42. The van der Waals surface area contributed by atoms with Gasteiger partial charge in [-0.1, -0.05) is 30.8 Å². The summed E-state index contributed by atoms with van der Waals surface area (Å²) in [5.41, 5.74) is 0.946. The van der Waals surface area contributed by atoms with Gasteiger partial charge in [0.25, 0.3) is 0 Å². The number of aromatic nitrogens is 2. The van der Waals surface area contributed by atoms with Gasteiger partial charge in [-0.05, 0) is 48.4 Å². The van der Waals surface area contributed by atoms with Crippen LogP contribution in [0.5, 0.6) is 6.01 Å². The highest BCUT2D eigenvalue weighted by atomic mass is 32.1. The van der Waals surface area contributed by atoms with Gasteiger partial charge < -0.3 is 19.4 Å². The van der Waals surface area contributed by atoms with Crippen LogP contribution in [0.25, 0.3) is 37.0 Å². The van der Waals surface area contributed by atoms with Crippen LogP contribution < -0.4 is 9.64 Å². The summed E-state index contributed by atoms with van der Waals surface area (Å²) in [4.78, 5) is 31.3. The summed E-state index contributed by atoms with van der Waals surface area (Å²) in [6.45, 7) is 13.8. The fraction of sp³-hybridized carbons (Fsp3) is 0.394. The lowest BCUT2D eigenvalue weighted by atomic mass is 9.95. The number of piperazine rings is 1. The molecule has 1 unspecified atom stereocenters. The van der Waals surface area contributed by atoms with E-state index in [2.05, 4.69) is 21.3 Å². The van der Waals surface area contributed by atoms with E-state index in [1.54, 1.807) is 22.3 Å². The summed E-state index contributed by atoms with van der Waals surface area (Å²) in [5.74, 6) is -0.210.